The van der Waals surface area contributed by atoms with Crippen LogP contribution >= 0.6 is 32.9 Å². The van der Waals surface area contributed by atoms with Crippen molar-refractivity contribution in [3.63, 3.8) is 0 Å². The maximum Gasteiger partial charge on any atom is 0.418 e. The smallest absolute Gasteiger partial charge is 0.194 e. The molecule has 0 saturated carbocycles. The lowest BCUT2D eigenvalue weighted by molar-refractivity contribution is -0.0882. The van der Waals surface area contributed by atoms with Gasteiger partial charge >= 0.3 is 6.18 Å². The van der Waals surface area contributed by atoms with E-state index in [2.05, 4.69) is 17.2 Å². The first kappa shape index (κ1) is 12.2. The van der Waals surface area contributed by atoms with Crippen molar-refractivity contribution in [1.82, 2.24) is 0 Å². The second-order valence-electron chi connectivity index (χ2n) is 2.33. The van der Waals surface area contributed by atoms with Crippen molar-refractivity contribution >= 4 is 42.1 Å². The van der Waals surface area contributed by atoms with Gasteiger partial charge in [-0.3, -0.25) is 0 Å². The number of halogens is 4. The summed E-state index contributed by atoms with van der Waals surface area (Å²) in [7, 11) is 0. The van der Waals surface area contributed by atoms with Gasteiger partial charge in [0.2, 0.25) is 0 Å². The zero-order valence-electron chi connectivity index (χ0n) is 6.97. The van der Waals surface area contributed by atoms with Crippen molar-refractivity contribution in [3.05, 3.63) is 20.9 Å². The van der Waals surface area contributed by atoms with E-state index >= 15 is 0 Å². The van der Waals surface area contributed by atoms with Crippen LogP contribution in [-0.2, 0) is 0 Å². The van der Waals surface area contributed by atoms with E-state index in [0.29, 0.717) is 0 Å². The van der Waals surface area contributed by atoms with Crippen LogP contribution in [-0.4, -0.2) is 15.3 Å². The number of alkyl halides is 3. The van der Waals surface area contributed by atoms with Crippen LogP contribution in [0.1, 0.15) is 0 Å². The molecule has 0 aromatic heterocycles. The molecule has 0 atom stereocenters. The lowest BCUT2D eigenvalue weighted by Gasteiger charge is -2.11. The minimum Gasteiger partial charge on any atom is -0.194 e. The molecule has 0 aliphatic carbocycles. The molecule has 0 saturated heterocycles. The molecule has 1 aliphatic heterocycles. The third-order valence-corrected chi connectivity index (χ3v) is 3.87. The molecule has 0 spiro atoms. The Labute approximate surface area is 98.5 Å². The van der Waals surface area contributed by atoms with E-state index in [4.69, 9.17) is 5.26 Å². The number of hydrogen-bond donors (Lipinski definition) is 0. The molecule has 0 N–H and O–H groups in total. The molecule has 0 radical (unpaired) electrons. The van der Waals surface area contributed by atoms with Gasteiger partial charge in [0.1, 0.15) is 6.07 Å². The SMILES string of the molecule is N#CC1=C(C(F)(F)F)C=C(N=C=S)C=I1. The van der Waals surface area contributed by atoms with E-state index in [-0.39, 0.29) is 9.28 Å². The van der Waals surface area contributed by atoms with Crippen molar-refractivity contribution in [2.45, 2.75) is 6.18 Å². The number of rotatable bonds is 1. The van der Waals surface area contributed by atoms with Crippen LogP contribution in [0.2, 0.25) is 0 Å². The van der Waals surface area contributed by atoms with Gasteiger partial charge in [0.15, 0.2) is 0 Å². The predicted molar refractivity (Wildman–Crippen MR) is 61.9 cm³/mol. The quantitative estimate of drug-likeness (QED) is 0.417. The Morgan fingerprint density at radius 1 is 1.47 bits per heavy atom. The van der Waals surface area contributed by atoms with Crippen molar-refractivity contribution < 1.29 is 13.2 Å². The predicted octanol–water partition coefficient (Wildman–Crippen LogP) is 3.10. The number of aliphatic imine (C=N–C) groups is 1. The normalized spacial score (nSPS) is 16.0. The fourth-order valence-electron chi connectivity index (χ4n) is 0.812. The van der Waals surface area contributed by atoms with E-state index in [1.165, 1.54) is 4.01 Å². The Morgan fingerprint density at radius 2 is 2.13 bits per heavy atom. The highest BCUT2D eigenvalue weighted by atomic mass is 127. The largest absolute Gasteiger partial charge is 0.418 e. The Hall–Kier alpha value is -0.840. The summed E-state index contributed by atoms with van der Waals surface area (Å²) in [6.07, 6.45) is -3.69. The van der Waals surface area contributed by atoms with E-state index in [1.807, 2.05) is 5.16 Å². The highest BCUT2D eigenvalue weighted by Crippen LogP contribution is 2.36. The molecule has 78 valence electrons. The molecule has 15 heavy (non-hydrogen) atoms. The monoisotopic (exact) mass is 342 g/mol. The standard InChI is InChI=1S/C8H2F3IN2S/c9-8(10,11)6-1-5(14-4-15)2-12-7(6)3-13/h1-2H. The van der Waals surface area contributed by atoms with Gasteiger partial charge in [0, 0.05) is 0 Å². The number of hydrogen-bond acceptors (Lipinski definition) is 3. The summed E-state index contributed by atoms with van der Waals surface area (Å²) < 4.78 is 38.7. The molecule has 0 unspecified atom stereocenters. The first-order chi connectivity index (χ1) is 6.99. The van der Waals surface area contributed by atoms with Gasteiger partial charge in [0.05, 0.1) is 20.0 Å². The molecule has 2 nitrogen and oxygen atoms in total. The number of thiocarbonyl (C=S) groups is 1. The molecule has 0 fully saturated rings. The molecule has 0 amide bonds. The number of isothiocyanates is 1. The molecule has 0 bridgehead atoms. The maximum absolute atomic E-state index is 12.5. The van der Waals surface area contributed by atoms with Gasteiger partial charge in [-0.1, -0.05) is 20.7 Å². The number of nitriles is 1. The molecule has 1 heterocycles. The molecular formula is C8H2F3IN2S. The molecule has 0 aromatic carbocycles. The van der Waals surface area contributed by atoms with Gasteiger partial charge in [-0.2, -0.15) is 23.4 Å². The molecule has 1 aliphatic rings. The summed E-state index contributed by atoms with van der Waals surface area (Å²) in [5, 5.41) is 10.5. The summed E-state index contributed by atoms with van der Waals surface area (Å²) in [4.78, 5) is 3.47. The Balaban J connectivity index is 3.30. The first-order valence-corrected chi connectivity index (χ1v) is 6.20. The Kier molecular flexibility index (Phi) is 3.90. The average Bonchev–Trinajstić information content (AvgIpc) is 2.17. The maximum atomic E-state index is 12.5. The fourth-order valence-corrected chi connectivity index (χ4v) is 2.80. The van der Waals surface area contributed by atoms with Gasteiger partial charge in [0.25, 0.3) is 0 Å². The minimum absolute atomic E-state index is 0.129. The first-order valence-electron chi connectivity index (χ1n) is 3.47. The van der Waals surface area contributed by atoms with Crippen LogP contribution in [0.15, 0.2) is 25.9 Å². The van der Waals surface area contributed by atoms with Gasteiger partial charge in [-0.25, -0.2) is 0 Å². The average molecular weight is 342 g/mol. The van der Waals surface area contributed by atoms with Crippen LogP contribution in [0.25, 0.3) is 0 Å². The van der Waals surface area contributed by atoms with Gasteiger partial charge in [-0.05, 0) is 22.3 Å². The summed E-state index contributed by atoms with van der Waals surface area (Å²) >= 11 is 3.21. The summed E-state index contributed by atoms with van der Waals surface area (Å²) in [5.41, 5.74) is -0.784. The van der Waals surface area contributed by atoms with E-state index < -0.39 is 32.5 Å². The molecule has 0 aromatic rings. The van der Waals surface area contributed by atoms with E-state index in [1.54, 1.807) is 6.07 Å². The summed E-state index contributed by atoms with van der Waals surface area (Å²) in [6.45, 7) is 0. The highest BCUT2D eigenvalue weighted by molar-refractivity contribution is 14.2. The van der Waals surface area contributed by atoms with E-state index in [0.717, 1.165) is 6.08 Å². The van der Waals surface area contributed by atoms with Crippen molar-refractivity contribution in [3.8, 4) is 6.07 Å². The Bertz CT molecular complexity index is 461. The Morgan fingerprint density at radius 3 is 2.60 bits per heavy atom. The third kappa shape index (κ3) is 3.06. The summed E-state index contributed by atoms with van der Waals surface area (Å²) in [5.74, 6) is 0. The van der Waals surface area contributed by atoms with Gasteiger partial charge in [-0.15, -0.1) is 0 Å². The lowest BCUT2D eigenvalue weighted by Crippen LogP contribution is -2.13. The second kappa shape index (κ2) is 4.79. The van der Waals surface area contributed by atoms with Crippen LogP contribution in [0, 0.1) is 11.3 Å². The minimum atomic E-state index is -4.51. The van der Waals surface area contributed by atoms with Crippen molar-refractivity contribution in [2.24, 2.45) is 4.99 Å². The third-order valence-electron chi connectivity index (χ3n) is 1.38. The number of allylic oxidation sites excluding steroid dienone is 4. The van der Waals surface area contributed by atoms with Crippen LogP contribution in [0.3, 0.4) is 0 Å². The topological polar surface area (TPSA) is 36.1 Å². The lowest BCUT2D eigenvalue weighted by atomic mass is 10.2. The molecular weight excluding hydrogens is 340 g/mol. The number of nitrogens with zero attached hydrogens (tertiary/aromatic N) is 2. The second-order valence-corrected chi connectivity index (χ2v) is 4.83. The summed E-state index contributed by atoms with van der Waals surface area (Å²) in [6, 6.07) is 1.57. The fraction of sp³-hybridized carbons (Fsp3) is 0.125. The van der Waals surface area contributed by atoms with Crippen molar-refractivity contribution in [1.29, 1.82) is 5.26 Å². The zero-order chi connectivity index (χ0) is 11.5. The van der Waals surface area contributed by atoms with Crippen LogP contribution in [0.4, 0.5) is 13.2 Å². The van der Waals surface area contributed by atoms with Crippen LogP contribution in [0.5, 0.6) is 0 Å². The molecule has 1 rings (SSSR count). The van der Waals surface area contributed by atoms with Crippen LogP contribution < -0.4 is 0 Å². The highest BCUT2D eigenvalue weighted by Gasteiger charge is 2.36. The molecule has 7 heteroatoms. The van der Waals surface area contributed by atoms with E-state index in [9.17, 15) is 13.2 Å². The van der Waals surface area contributed by atoms with Crippen molar-refractivity contribution in [2.75, 3.05) is 0 Å². The van der Waals surface area contributed by atoms with Gasteiger partial charge < -0.3 is 0 Å². The zero-order valence-corrected chi connectivity index (χ0v) is 9.94.